The predicted octanol–water partition coefficient (Wildman–Crippen LogP) is 4.77. The highest BCUT2D eigenvalue weighted by Gasteiger charge is 2.09. The molecule has 0 amide bonds. The van der Waals surface area contributed by atoms with Gasteiger partial charge in [-0.05, 0) is 6.42 Å². The number of aliphatic hydroxyl groups is 1. The molecule has 0 aromatic heterocycles. The average Bonchev–Trinajstić information content (AvgIpc) is 2.26. The lowest BCUT2D eigenvalue weighted by molar-refractivity contribution is 0.375. The molecular weight excluding hydrogens is 188 g/mol. The second kappa shape index (κ2) is 9.51. The fourth-order valence-corrected chi connectivity index (χ4v) is 1.49. The van der Waals surface area contributed by atoms with E-state index in [9.17, 15) is 5.11 Å². The van der Waals surface area contributed by atoms with Crippen molar-refractivity contribution in [2.24, 2.45) is 0 Å². The van der Waals surface area contributed by atoms with Gasteiger partial charge in [-0.3, -0.25) is 0 Å². The van der Waals surface area contributed by atoms with Crippen LogP contribution in [-0.2, 0) is 0 Å². The van der Waals surface area contributed by atoms with Crippen LogP contribution in [-0.4, -0.2) is 5.11 Å². The molecule has 0 heterocycles. The maximum atomic E-state index is 9.38. The molecule has 0 bridgehead atoms. The van der Waals surface area contributed by atoms with Gasteiger partial charge in [-0.15, -0.1) is 0 Å². The van der Waals surface area contributed by atoms with Gasteiger partial charge >= 0.3 is 5.70 Å². The van der Waals surface area contributed by atoms with Crippen molar-refractivity contribution in [1.82, 2.24) is 0 Å². The van der Waals surface area contributed by atoms with Gasteiger partial charge in [0.2, 0.25) is 5.39 Å². The Labute approximate surface area is 92.8 Å². The number of rotatable bonds is 8. The molecule has 0 radical (unpaired) electrons. The van der Waals surface area contributed by atoms with Crippen molar-refractivity contribution in [3.8, 4) is 0 Å². The third-order valence-corrected chi connectivity index (χ3v) is 2.58. The smallest absolute Gasteiger partial charge is 0.395 e. The zero-order valence-electron chi connectivity index (χ0n) is 10.00. The van der Waals surface area contributed by atoms with Gasteiger partial charge in [0.1, 0.15) is 0 Å². The number of aliphatic hydroxyl groups excluding tert-OH is 1. The molecule has 0 unspecified atom stereocenters. The molecule has 0 saturated heterocycles. The van der Waals surface area contributed by atoms with Gasteiger partial charge in [0.15, 0.2) is 10.7 Å². The van der Waals surface area contributed by atoms with Crippen molar-refractivity contribution in [2.75, 3.05) is 0 Å². The molecular formula is C12H23N2O+. The first-order chi connectivity index (χ1) is 7.22. The van der Waals surface area contributed by atoms with Crippen LogP contribution in [0.3, 0.4) is 0 Å². The summed E-state index contributed by atoms with van der Waals surface area (Å²) in [5.41, 5.74) is 0.334. The molecule has 3 nitrogen and oxygen atoms in total. The largest absolute Gasteiger partial charge is 0.505 e. The average molecular weight is 211 g/mol. The minimum Gasteiger partial charge on any atom is -0.505 e. The molecule has 0 spiro atoms. The zero-order chi connectivity index (χ0) is 11.5. The molecule has 0 aromatic carbocycles. The molecule has 0 aliphatic rings. The van der Waals surface area contributed by atoms with Gasteiger partial charge in [0.05, 0.1) is 0 Å². The van der Waals surface area contributed by atoms with Gasteiger partial charge in [0.25, 0.3) is 0 Å². The van der Waals surface area contributed by atoms with Gasteiger partial charge < -0.3 is 5.11 Å². The molecule has 0 saturated carbocycles. The monoisotopic (exact) mass is 211 g/mol. The Balaban J connectivity index is 3.36. The van der Waals surface area contributed by atoms with Crippen molar-refractivity contribution in [2.45, 2.75) is 65.2 Å². The Kier molecular flexibility index (Phi) is 8.85. The molecule has 0 rings (SSSR count). The summed E-state index contributed by atoms with van der Waals surface area (Å²) in [6, 6.07) is 0. The van der Waals surface area contributed by atoms with Crippen molar-refractivity contribution >= 4 is 0 Å². The highest BCUT2D eigenvalue weighted by molar-refractivity contribution is 5.09. The van der Waals surface area contributed by atoms with E-state index in [1.807, 2.05) is 0 Å². The van der Waals surface area contributed by atoms with Crippen LogP contribution < -0.4 is 0 Å². The lowest BCUT2D eigenvalue weighted by Crippen LogP contribution is -1.86. The fourth-order valence-electron chi connectivity index (χ4n) is 1.49. The summed E-state index contributed by atoms with van der Waals surface area (Å²) in [4.78, 5) is 2.96. The van der Waals surface area contributed by atoms with E-state index in [2.05, 4.69) is 11.9 Å². The number of hydrogen-bond donors (Lipinski definition) is 1. The van der Waals surface area contributed by atoms with Crippen LogP contribution in [0.2, 0.25) is 0 Å². The molecule has 86 valence electrons. The second-order valence-electron chi connectivity index (χ2n) is 4.00. The SMILES string of the molecule is CCCCCCCCC/C(O)=C(\C)[N+]#N. The van der Waals surface area contributed by atoms with Crippen molar-refractivity contribution in [3.63, 3.8) is 0 Å². The standard InChI is InChI=1S/C12H22N2O/c1-3-4-5-6-7-8-9-10-12(15)11(2)14-13/h3-10H2,1-2H3/p+1/b12-11-. The Morgan fingerprint density at radius 1 is 1.07 bits per heavy atom. The summed E-state index contributed by atoms with van der Waals surface area (Å²) in [6.45, 7) is 3.82. The topological polar surface area (TPSA) is 48.4 Å². The minimum atomic E-state index is 0.214. The maximum absolute atomic E-state index is 9.38. The lowest BCUT2D eigenvalue weighted by atomic mass is 10.1. The van der Waals surface area contributed by atoms with Crippen molar-refractivity contribution in [1.29, 1.82) is 5.39 Å². The highest BCUT2D eigenvalue weighted by Crippen LogP contribution is 2.13. The van der Waals surface area contributed by atoms with Gasteiger partial charge in [-0.1, -0.05) is 45.4 Å². The molecule has 15 heavy (non-hydrogen) atoms. The molecule has 0 aromatic rings. The third kappa shape index (κ3) is 7.99. The lowest BCUT2D eigenvalue weighted by Gasteiger charge is -1.99. The van der Waals surface area contributed by atoms with Crippen LogP contribution in [0.4, 0.5) is 0 Å². The molecule has 3 heteroatoms. The van der Waals surface area contributed by atoms with E-state index in [-0.39, 0.29) is 5.76 Å². The Hall–Kier alpha value is -1.04. The molecule has 0 aliphatic carbocycles. The molecule has 1 N–H and O–H groups in total. The molecule has 0 atom stereocenters. The normalized spacial score (nSPS) is 12.1. The maximum Gasteiger partial charge on any atom is 0.395 e. The summed E-state index contributed by atoms with van der Waals surface area (Å²) in [5.74, 6) is 0.214. The number of nitrogens with zero attached hydrogens (tertiary/aromatic N) is 2. The number of hydrogen-bond acceptors (Lipinski definition) is 2. The molecule has 0 aliphatic heterocycles. The van der Waals surface area contributed by atoms with Crippen LogP contribution in [0.15, 0.2) is 11.5 Å². The van der Waals surface area contributed by atoms with Crippen molar-refractivity contribution < 1.29 is 5.11 Å². The quantitative estimate of drug-likeness (QED) is 0.357. The summed E-state index contributed by atoms with van der Waals surface area (Å²) in [6.07, 6.45) is 9.21. The van der Waals surface area contributed by atoms with Crippen LogP contribution in [0.25, 0.3) is 4.98 Å². The van der Waals surface area contributed by atoms with Gasteiger partial charge in [-0.2, -0.15) is 0 Å². The van der Waals surface area contributed by atoms with E-state index in [0.717, 1.165) is 12.8 Å². The van der Waals surface area contributed by atoms with E-state index in [1.54, 1.807) is 6.92 Å². The second-order valence-corrected chi connectivity index (χ2v) is 4.00. The van der Waals surface area contributed by atoms with Crippen LogP contribution in [0, 0.1) is 5.39 Å². The van der Waals surface area contributed by atoms with Crippen LogP contribution >= 0.6 is 0 Å². The van der Waals surface area contributed by atoms with Crippen LogP contribution in [0.5, 0.6) is 0 Å². The molecule has 0 fully saturated rings. The van der Waals surface area contributed by atoms with Gasteiger partial charge in [0, 0.05) is 13.3 Å². The third-order valence-electron chi connectivity index (χ3n) is 2.58. The van der Waals surface area contributed by atoms with E-state index in [0.29, 0.717) is 12.1 Å². The Morgan fingerprint density at radius 3 is 2.13 bits per heavy atom. The predicted molar refractivity (Wildman–Crippen MR) is 63.0 cm³/mol. The summed E-state index contributed by atoms with van der Waals surface area (Å²) < 4.78 is 0. The number of unbranched alkanes of at least 4 members (excludes halogenated alkanes) is 6. The Morgan fingerprint density at radius 2 is 1.60 bits per heavy atom. The summed E-state index contributed by atoms with van der Waals surface area (Å²) in [5, 5.41) is 17.8. The number of diazo groups is 1. The first-order valence-electron chi connectivity index (χ1n) is 5.96. The fraction of sp³-hybridized carbons (Fsp3) is 0.833. The van der Waals surface area contributed by atoms with Gasteiger partial charge in [-0.25, -0.2) is 0 Å². The zero-order valence-corrected chi connectivity index (χ0v) is 10.00. The van der Waals surface area contributed by atoms with E-state index >= 15 is 0 Å². The van der Waals surface area contributed by atoms with Crippen molar-refractivity contribution in [3.05, 3.63) is 16.4 Å². The van der Waals surface area contributed by atoms with E-state index < -0.39 is 0 Å². The first-order valence-corrected chi connectivity index (χ1v) is 5.96. The summed E-state index contributed by atoms with van der Waals surface area (Å²) in [7, 11) is 0. The van der Waals surface area contributed by atoms with E-state index in [1.165, 1.54) is 32.1 Å². The number of allylic oxidation sites excluding steroid dienone is 2. The first kappa shape index (κ1) is 14.0. The highest BCUT2D eigenvalue weighted by atomic mass is 16.3. The Bertz CT molecular complexity index is 228. The minimum absolute atomic E-state index is 0.214. The van der Waals surface area contributed by atoms with Crippen LogP contribution in [0.1, 0.15) is 65.2 Å². The summed E-state index contributed by atoms with van der Waals surface area (Å²) >= 11 is 0. The van der Waals surface area contributed by atoms with E-state index in [4.69, 9.17) is 5.39 Å².